The molecule has 0 saturated heterocycles. The Labute approximate surface area is 112 Å². The molecule has 0 radical (unpaired) electrons. The van der Waals surface area contributed by atoms with E-state index in [1.165, 1.54) is 22.7 Å². The maximum Gasteiger partial charge on any atom is 0.203 e. The van der Waals surface area contributed by atoms with Crippen LogP contribution in [0.25, 0.3) is 0 Å². The smallest absolute Gasteiger partial charge is 0.203 e. The van der Waals surface area contributed by atoms with Crippen LogP contribution in [0.2, 0.25) is 0 Å². The molecule has 0 aliphatic rings. The number of nitrogens with one attached hydrogen (secondary N) is 1. The Hall–Kier alpha value is -1.42. The summed E-state index contributed by atoms with van der Waals surface area (Å²) in [5.74, 6) is 0.945. The number of rotatable bonds is 5. The van der Waals surface area contributed by atoms with Crippen molar-refractivity contribution in [1.82, 2.24) is 9.36 Å². The number of hydrogen-bond donors (Lipinski definition) is 1. The zero-order valence-corrected chi connectivity index (χ0v) is 11.9. The molecule has 1 atom stereocenters. The Morgan fingerprint density at radius 2 is 2.00 bits per heavy atom. The lowest BCUT2D eigenvalue weighted by Gasteiger charge is -2.12. The molecule has 2 aromatic rings. The predicted molar refractivity (Wildman–Crippen MR) is 77.1 cm³/mol. The summed E-state index contributed by atoms with van der Waals surface area (Å²) < 4.78 is 4.33. The summed E-state index contributed by atoms with van der Waals surface area (Å²) in [5.41, 5.74) is 2.56. The average Bonchev–Trinajstić information content (AvgIpc) is 2.78. The van der Waals surface area contributed by atoms with Gasteiger partial charge in [0.2, 0.25) is 5.13 Å². The van der Waals surface area contributed by atoms with Crippen molar-refractivity contribution in [3.8, 4) is 0 Å². The highest BCUT2D eigenvalue weighted by atomic mass is 32.1. The fourth-order valence-electron chi connectivity index (χ4n) is 1.76. The van der Waals surface area contributed by atoms with Crippen molar-refractivity contribution in [2.24, 2.45) is 0 Å². The van der Waals surface area contributed by atoms with E-state index in [0.717, 1.165) is 23.8 Å². The third-order valence-corrected chi connectivity index (χ3v) is 3.54. The standard InChI is InChI=1S/C14H19N3S/c1-4-5-13-16-14(18-17-13)15-11(3)12-8-6-10(2)7-9-12/h6-9,11H,4-5H2,1-3H3,(H,15,16,17). The fraction of sp³-hybridized carbons (Fsp3) is 0.429. The quantitative estimate of drug-likeness (QED) is 0.885. The first-order valence-electron chi connectivity index (χ1n) is 6.34. The van der Waals surface area contributed by atoms with Crippen molar-refractivity contribution < 1.29 is 0 Å². The first kappa shape index (κ1) is 13.0. The maximum absolute atomic E-state index is 4.48. The molecular weight excluding hydrogens is 242 g/mol. The van der Waals surface area contributed by atoms with Gasteiger partial charge in [0.25, 0.3) is 0 Å². The highest BCUT2D eigenvalue weighted by molar-refractivity contribution is 7.09. The van der Waals surface area contributed by atoms with Gasteiger partial charge in [0.15, 0.2) is 0 Å². The lowest BCUT2D eigenvalue weighted by molar-refractivity contribution is 0.848. The molecule has 1 unspecified atom stereocenters. The van der Waals surface area contributed by atoms with Crippen LogP contribution in [0.5, 0.6) is 0 Å². The monoisotopic (exact) mass is 261 g/mol. The van der Waals surface area contributed by atoms with Crippen LogP contribution in [0.15, 0.2) is 24.3 Å². The van der Waals surface area contributed by atoms with Crippen LogP contribution >= 0.6 is 11.5 Å². The van der Waals surface area contributed by atoms with Gasteiger partial charge < -0.3 is 5.32 Å². The van der Waals surface area contributed by atoms with Crippen LogP contribution < -0.4 is 5.32 Å². The molecule has 0 fully saturated rings. The van der Waals surface area contributed by atoms with E-state index in [1.807, 2.05) is 0 Å². The summed E-state index contributed by atoms with van der Waals surface area (Å²) in [6, 6.07) is 8.84. The van der Waals surface area contributed by atoms with Crippen molar-refractivity contribution in [2.75, 3.05) is 5.32 Å². The van der Waals surface area contributed by atoms with E-state index in [0.29, 0.717) is 0 Å². The maximum atomic E-state index is 4.48. The topological polar surface area (TPSA) is 37.8 Å². The second kappa shape index (κ2) is 5.96. The third-order valence-electron chi connectivity index (χ3n) is 2.86. The van der Waals surface area contributed by atoms with Crippen LogP contribution in [0.1, 0.15) is 43.3 Å². The molecule has 0 aliphatic carbocycles. The zero-order chi connectivity index (χ0) is 13.0. The Balaban J connectivity index is 2.01. The average molecular weight is 261 g/mol. The molecule has 1 N–H and O–H groups in total. The van der Waals surface area contributed by atoms with E-state index in [1.54, 1.807) is 0 Å². The highest BCUT2D eigenvalue weighted by Crippen LogP contribution is 2.21. The Morgan fingerprint density at radius 3 is 2.67 bits per heavy atom. The Kier molecular flexibility index (Phi) is 4.31. The molecule has 1 aromatic carbocycles. The summed E-state index contributed by atoms with van der Waals surface area (Å²) in [4.78, 5) is 4.48. The molecule has 1 aromatic heterocycles. The summed E-state index contributed by atoms with van der Waals surface area (Å²) in [5, 5.41) is 4.31. The van der Waals surface area contributed by atoms with Crippen molar-refractivity contribution in [3.63, 3.8) is 0 Å². The first-order chi connectivity index (χ1) is 8.69. The van der Waals surface area contributed by atoms with Crippen LogP contribution in [0.4, 0.5) is 5.13 Å². The minimum Gasteiger partial charge on any atom is -0.354 e. The Bertz CT molecular complexity index is 490. The van der Waals surface area contributed by atoms with E-state index < -0.39 is 0 Å². The molecule has 0 saturated carbocycles. The minimum atomic E-state index is 0.257. The second-order valence-electron chi connectivity index (χ2n) is 4.54. The molecule has 4 heteroatoms. The molecule has 18 heavy (non-hydrogen) atoms. The lowest BCUT2D eigenvalue weighted by Crippen LogP contribution is -2.06. The highest BCUT2D eigenvalue weighted by Gasteiger charge is 2.08. The first-order valence-corrected chi connectivity index (χ1v) is 7.12. The number of anilines is 1. The number of hydrogen-bond acceptors (Lipinski definition) is 4. The van der Waals surface area contributed by atoms with Crippen molar-refractivity contribution in [2.45, 2.75) is 39.7 Å². The largest absolute Gasteiger partial charge is 0.354 e. The molecule has 96 valence electrons. The van der Waals surface area contributed by atoms with Crippen molar-refractivity contribution in [3.05, 3.63) is 41.2 Å². The van der Waals surface area contributed by atoms with Gasteiger partial charge in [-0.1, -0.05) is 36.8 Å². The SMILES string of the molecule is CCCc1nsc(NC(C)c2ccc(C)cc2)n1. The molecule has 1 heterocycles. The van der Waals surface area contributed by atoms with Gasteiger partial charge in [-0.3, -0.25) is 0 Å². The van der Waals surface area contributed by atoms with E-state index in [2.05, 4.69) is 59.7 Å². The molecule has 0 bridgehead atoms. The van der Waals surface area contributed by atoms with Gasteiger partial charge >= 0.3 is 0 Å². The zero-order valence-electron chi connectivity index (χ0n) is 11.1. The second-order valence-corrected chi connectivity index (χ2v) is 5.29. The summed E-state index contributed by atoms with van der Waals surface area (Å²) in [6.07, 6.45) is 2.04. The molecule has 0 spiro atoms. The van der Waals surface area contributed by atoms with Gasteiger partial charge in [-0.2, -0.15) is 4.37 Å². The predicted octanol–water partition coefficient (Wildman–Crippen LogP) is 3.97. The van der Waals surface area contributed by atoms with E-state index >= 15 is 0 Å². The number of nitrogens with zero attached hydrogens (tertiary/aromatic N) is 2. The van der Waals surface area contributed by atoms with E-state index in [9.17, 15) is 0 Å². The third kappa shape index (κ3) is 3.29. The lowest BCUT2D eigenvalue weighted by atomic mass is 10.1. The number of benzene rings is 1. The number of aryl methyl sites for hydroxylation is 2. The van der Waals surface area contributed by atoms with Gasteiger partial charge in [0.05, 0.1) is 6.04 Å². The minimum absolute atomic E-state index is 0.257. The Morgan fingerprint density at radius 1 is 1.28 bits per heavy atom. The van der Waals surface area contributed by atoms with E-state index in [-0.39, 0.29) is 6.04 Å². The van der Waals surface area contributed by atoms with Gasteiger partial charge in [0.1, 0.15) is 5.82 Å². The summed E-state index contributed by atoms with van der Waals surface area (Å²) in [7, 11) is 0. The summed E-state index contributed by atoms with van der Waals surface area (Å²) in [6.45, 7) is 6.39. The molecule has 2 rings (SSSR count). The van der Waals surface area contributed by atoms with Crippen LogP contribution in [0, 0.1) is 6.92 Å². The molecule has 0 aliphatic heterocycles. The van der Waals surface area contributed by atoms with Crippen LogP contribution in [-0.4, -0.2) is 9.36 Å². The van der Waals surface area contributed by atoms with E-state index in [4.69, 9.17) is 0 Å². The fourth-order valence-corrected chi connectivity index (χ4v) is 2.46. The molecule has 3 nitrogen and oxygen atoms in total. The van der Waals surface area contributed by atoms with Gasteiger partial charge in [-0.05, 0) is 25.8 Å². The summed E-state index contributed by atoms with van der Waals surface area (Å²) >= 11 is 1.44. The number of aromatic nitrogens is 2. The van der Waals surface area contributed by atoms with Crippen molar-refractivity contribution in [1.29, 1.82) is 0 Å². The molecular formula is C14H19N3S. The van der Waals surface area contributed by atoms with Crippen LogP contribution in [0.3, 0.4) is 0 Å². The molecule has 0 amide bonds. The normalized spacial score (nSPS) is 12.4. The van der Waals surface area contributed by atoms with Gasteiger partial charge in [-0.15, -0.1) is 0 Å². The van der Waals surface area contributed by atoms with Crippen LogP contribution in [-0.2, 0) is 6.42 Å². The van der Waals surface area contributed by atoms with Crippen molar-refractivity contribution >= 4 is 16.7 Å². The van der Waals surface area contributed by atoms with Gasteiger partial charge in [-0.25, -0.2) is 4.98 Å². The van der Waals surface area contributed by atoms with Gasteiger partial charge in [0, 0.05) is 18.0 Å².